The molecular formula is C7H5N3O. The third kappa shape index (κ3) is 0.797. The van der Waals surface area contributed by atoms with Crippen LogP contribution in [-0.2, 0) is 0 Å². The van der Waals surface area contributed by atoms with Gasteiger partial charge in [-0.25, -0.2) is 4.98 Å². The highest BCUT2D eigenvalue weighted by Gasteiger charge is 2.01. The lowest BCUT2D eigenvalue weighted by Gasteiger charge is -1.84. The van der Waals surface area contributed by atoms with Crippen molar-refractivity contribution in [1.29, 1.82) is 0 Å². The maximum Gasteiger partial charge on any atom is 0.139 e. The number of aromatic nitrogens is 2. The molecule has 2 heterocycles. The Balaban J connectivity index is 2.86. The van der Waals surface area contributed by atoms with Gasteiger partial charge in [0.2, 0.25) is 0 Å². The van der Waals surface area contributed by atoms with Crippen LogP contribution in [0, 0.1) is 4.91 Å². The Hall–Kier alpha value is -1.71. The fraction of sp³-hybridized carbons (Fsp3) is 0. The van der Waals surface area contributed by atoms with Crippen LogP contribution in [0.5, 0.6) is 0 Å². The van der Waals surface area contributed by atoms with Gasteiger partial charge >= 0.3 is 0 Å². The lowest BCUT2D eigenvalue weighted by molar-refractivity contribution is 1.32. The summed E-state index contributed by atoms with van der Waals surface area (Å²) in [4.78, 5) is 17.0. The first-order valence-corrected chi connectivity index (χ1v) is 3.17. The Kier molecular flexibility index (Phi) is 1.18. The molecular weight excluding hydrogens is 142 g/mol. The molecule has 0 aliphatic carbocycles. The molecule has 2 aromatic heterocycles. The summed E-state index contributed by atoms with van der Waals surface area (Å²) in [6.45, 7) is 0. The van der Waals surface area contributed by atoms with Gasteiger partial charge < -0.3 is 4.98 Å². The monoisotopic (exact) mass is 147 g/mol. The van der Waals surface area contributed by atoms with Crippen molar-refractivity contribution in [2.45, 2.75) is 0 Å². The predicted molar refractivity (Wildman–Crippen MR) is 41.5 cm³/mol. The van der Waals surface area contributed by atoms with Crippen LogP contribution >= 0.6 is 0 Å². The Morgan fingerprint density at radius 1 is 1.55 bits per heavy atom. The molecule has 0 unspecified atom stereocenters. The molecule has 0 aliphatic heterocycles. The molecule has 0 saturated heterocycles. The molecule has 4 heteroatoms. The zero-order chi connectivity index (χ0) is 7.68. The standard InChI is InChI=1S/C7H5N3O/c11-10-6-4-9-7-5(6)2-1-3-8-7/h1-4H,(H,8,9). The number of aromatic amines is 1. The topological polar surface area (TPSA) is 58.1 Å². The number of hydrogen-bond donors (Lipinski definition) is 1. The lowest BCUT2D eigenvalue weighted by Crippen LogP contribution is -1.71. The maximum absolute atomic E-state index is 10.2. The number of hydrogen-bond acceptors (Lipinski definition) is 3. The zero-order valence-electron chi connectivity index (χ0n) is 5.61. The number of fused-ring (bicyclic) bond motifs is 1. The SMILES string of the molecule is O=Nc1c[nH]c2ncccc12. The molecule has 54 valence electrons. The van der Waals surface area contributed by atoms with E-state index in [0.29, 0.717) is 11.3 Å². The summed E-state index contributed by atoms with van der Waals surface area (Å²) in [6, 6.07) is 3.57. The highest BCUT2D eigenvalue weighted by molar-refractivity contribution is 5.87. The van der Waals surface area contributed by atoms with Crippen molar-refractivity contribution < 1.29 is 0 Å². The lowest BCUT2D eigenvalue weighted by atomic mass is 10.3. The van der Waals surface area contributed by atoms with Crippen molar-refractivity contribution in [1.82, 2.24) is 9.97 Å². The van der Waals surface area contributed by atoms with E-state index in [4.69, 9.17) is 0 Å². The minimum Gasteiger partial charge on any atom is -0.344 e. The quantitative estimate of drug-likeness (QED) is 0.627. The minimum absolute atomic E-state index is 0.410. The van der Waals surface area contributed by atoms with Crippen LogP contribution in [0.4, 0.5) is 5.69 Å². The van der Waals surface area contributed by atoms with Gasteiger partial charge in [0.05, 0.1) is 0 Å². The first-order valence-electron chi connectivity index (χ1n) is 3.17. The molecule has 0 aromatic carbocycles. The second kappa shape index (κ2) is 2.16. The number of pyridine rings is 1. The van der Waals surface area contributed by atoms with Gasteiger partial charge in [0.25, 0.3) is 0 Å². The molecule has 0 atom stereocenters. The number of rotatable bonds is 1. The Labute approximate surface area is 62.2 Å². The van der Waals surface area contributed by atoms with Crippen LogP contribution in [-0.4, -0.2) is 9.97 Å². The van der Waals surface area contributed by atoms with E-state index < -0.39 is 0 Å². The van der Waals surface area contributed by atoms with Crippen molar-refractivity contribution >= 4 is 16.7 Å². The molecule has 4 nitrogen and oxygen atoms in total. The van der Waals surface area contributed by atoms with Gasteiger partial charge in [-0.15, -0.1) is 4.91 Å². The number of nitrogens with zero attached hydrogens (tertiary/aromatic N) is 2. The summed E-state index contributed by atoms with van der Waals surface area (Å²) >= 11 is 0. The fourth-order valence-corrected chi connectivity index (χ4v) is 1.02. The van der Waals surface area contributed by atoms with E-state index in [9.17, 15) is 4.91 Å². The van der Waals surface area contributed by atoms with Crippen LogP contribution < -0.4 is 0 Å². The van der Waals surface area contributed by atoms with Crippen molar-refractivity contribution in [2.24, 2.45) is 5.18 Å². The van der Waals surface area contributed by atoms with E-state index in [-0.39, 0.29) is 0 Å². The average molecular weight is 147 g/mol. The van der Waals surface area contributed by atoms with Crippen LogP contribution in [0.25, 0.3) is 11.0 Å². The normalized spacial score (nSPS) is 10.2. The van der Waals surface area contributed by atoms with Crippen molar-refractivity contribution in [3.63, 3.8) is 0 Å². The molecule has 0 fully saturated rings. The predicted octanol–water partition coefficient (Wildman–Crippen LogP) is 1.96. The first-order chi connectivity index (χ1) is 5.42. The maximum atomic E-state index is 10.2. The Morgan fingerprint density at radius 3 is 3.27 bits per heavy atom. The van der Waals surface area contributed by atoms with Gasteiger partial charge in [0, 0.05) is 17.8 Å². The van der Waals surface area contributed by atoms with Gasteiger partial charge in [-0.05, 0) is 17.3 Å². The van der Waals surface area contributed by atoms with E-state index in [1.54, 1.807) is 24.5 Å². The summed E-state index contributed by atoms with van der Waals surface area (Å²) in [5, 5.41) is 3.60. The van der Waals surface area contributed by atoms with Gasteiger partial charge in [-0.2, -0.15) is 0 Å². The molecule has 0 saturated carbocycles. The van der Waals surface area contributed by atoms with E-state index in [0.717, 1.165) is 5.39 Å². The van der Waals surface area contributed by atoms with Crippen LogP contribution in [0.15, 0.2) is 29.7 Å². The van der Waals surface area contributed by atoms with E-state index in [1.807, 2.05) is 0 Å². The van der Waals surface area contributed by atoms with Gasteiger partial charge in [0.1, 0.15) is 11.3 Å². The van der Waals surface area contributed by atoms with Crippen LogP contribution in [0.3, 0.4) is 0 Å². The van der Waals surface area contributed by atoms with Crippen molar-refractivity contribution in [3.8, 4) is 0 Å². The molecule has 11 heavy (non-hydrogen) atoms. The Morgan fingerprint density at radius 2 is 2.45 bits per heavy atom. The van der Waals surface area contributed by atoms with Gasteiger partial charge in [-0.3, -0.25) is 0 Å². The average Bonchev–Trinajstić information content (AvgIpc) is 2.47. The number of nitroso groups, excluding NO2 is 1. The molecule has 0 spiro atoms. The zero-order valence-corrected chi connectivity index (χ0v) is 5.61. The van der Waals surface area contributed by atoms with Gasteiger partial charge in [0.15, 0.2) is 0 Å². The third-order valence-corrected chi connectivity index (χ3v) is 1.53. The minimum atomic E-state index is 0.410. The van der Waals surface area contributed by atoms with E-state index >= 15 is 0 Å². The smallest absolute Gasteiger partial charge is 0.139 e. The van der Waals surface area contributed by atoms with Gasteiger partial charge in [-0.1, -0.05) is 0 Å². The molecule has 2 rings (SSSR count). The number of H-pyrrole nitrogens is 1. The second-order valence-corrected chi connectivity index (χ2v) is 2.16. The molecule has 0 aliphatic rings. The van der Waals surface area contributed by atoms with Crippen molar-refractivity contribution in [2.75, 3.05) is 0 Å². The third-order valence-electron chi connectivity index (χ3n) is 1.53. The second-order valence-electron chi connectivity index (χ2n) is 2.16. The van der Waals surface area contributed by atoms with Crippen LogP contribution in [0.1, 0.15) is 0 Å². The van der Waals surface area contributed by atoms with E-state index in [1.165, 1.54) is 0 Å². The molecule has 0 amide bonds. The summed E-state index contributed by atoms with van der Waals surface area (Å²) in [6.07, 6.45) is 3.21. The number of nitrogens with one attached hydrogen (secondary N) is 1. The van der Waals surface area contributed by atoms with Crippen molar-refractivity contribution in [3.05, 3.63) is 29.4 Å². The highest BCUT2D eigenvalue weighted by atomic mass is 16.3. The summed E-state index contributed by atoms with van der Waals surface area (Å²) in [7, 11) is 0. The molecule has 0 bridgehead atoms. The highest BCUT2D eigenvalue weighted by Crippen LogP contribution is 2.22. The first kappa shape index (κ1) is 6.03. The summed E-state index contributed by atoms with van der Waals surface area (Å²) in [5.74, 6) is 0. The molecule has 0 radical (unpaired) electrons. The van der Waals surface area contributed by atoms with E-state index in [2.05, 4.69) is 15.1 Å². The fourth-order valence-electron chi connectivity index (χ4n) is 1.02. The largest absolute Gasteiger partial charge is 0.344 e. The summed E-state index contributed by atoms with van der Waals surface area (Å²) < 4.78 is 0. The van der Waals surface area contributed by atoms with Crippen LogP contribution in [0.2, 0.25) is 0 Å². The molecule has 1 N–H and O–H groups in total. The summed E-state index contributed by atoms with van der Waals surface area (Å²) in [5.41, 5.74) is 1.11. The molecule has 2 aromatic rings. The Bertz CT molecular complexity index is 393.